The number of hydrogen-bond acceptors (Lipinski definition) is 7. The molecule has 0 fully saturated rings. The lowest BCUT2D eigenvalue weighted by atomic mass is 10.0. The highest BCUT2D eigenvalue weighted by atomic mass is 31.2. The summed E-state index contributed by atoms with van der Waals surface area (Å²) in [5.41, 5.74) is 0. The lowest BCUT2D eigenvalue weighted by molar-refractivity contribution is -0.870. The van der Waals surface area contributed by atoms with Crippen LogP contribution in [0.2, 0.25) is 0 Å². The molecule has 0 aliphatic rings. The van der Waals surface area contributed by atoms with Gasteiger partial charge in [0.25, 0.3) is 0 Å². The number of phosphoric ester groups is 1. The van der Waals surface area contributed by atoms with Crippen molar-refractivity contribution in [3.8, 4) is 0 Å². The van der Waals surface area contributed by atoms with Crippen LogP contribution in [-0.4, -0.2) is 74.9 Å². The highest BCUT2D eigenvalue weighted by Crippen LogP contribution is 2.43. The minimum absolute atomic E-state index is 0.0335. The molecule has 84 heavy (non-hydrogen) atoms. The Balaban J connectivity index is 3.87. The van der Waals surface area contributed by atoms with Crippen LogP contribution in [-0.2, 0) is 32.7 Å². The molecule has 0 saturated carbocycles. The summed E-state index contributed by atoms with van der Waals surface area (Å²) < 4.78 is 34.7. The number of rotatable bonds is 70. The van der Waals surface area contributed by atoms with Crippen LogP contribution in [0, 0.1) is 0 Å². The van der Waals surface area contributed by atoms with Crippen LogP contribution >= 0.6 is 7.82 Å². The Bertz CT molecular complexity index is 1460. The Morgan fingerprint density at radius 3 is 0.940 bits per heavy atom. The van der Waals surface area contributed by atoms with Gasteiger partial charge in [-0.1, -0.05) is 353 Å². The van der Waals surface area contributed by atoms with E-state index < -0.39 is 26.5 Å². The average Bonchev–Trinajstić information content (AvgIpc) is 3.61. The second-order valence-corrected chi connectivity index (χ2v) is 28.1. The van der Waals surface area contributed by atoms with Gasteiger partial charge in [-0.2, -0.15) is 0 Å². The molecule has 0 amide bonds. The van der Waals surface area contributed by atoms with Gasteiger partial charge in [0.2, 0.25) is 0 Å². The summed E-state index contributed by atoms with van der Waals surface area (Å²) in [5, 5.41) is 0. The van der Waals surface area contributed by atoms with Gasteiger partial charge < -0.3 is 18.9 Å². The minimum atomic E-state index is -4.39. The summed E-state index contributed by atoms with van der Waals surface area (Å²) in [6, 6.07) is 0. The lowest BCUT2D eigenvalue weighted by Crippen LogP contribution is -2.37. The smallest absolute Gasteiger partial charge is 0.462 e. The molecular formula is C74H145NO8P+. The van der Waals surface area contributed by atoms with Crippen molar-refractivity contribution in [1.29, 1.82) is 0 Å². The van der Waals surface area contributed by atoms with Crippen molar-refractivity contribution < 1.29 is 42.1 Å². The second kappa shape index (κ2) is 65.9. The standard InChI is InChI=1S/C74H144NO8P/c1-6-8-10-12-14-16-18-20-22-24-26-28-29-30-31-32-33-34-35-36-37-38-39-40-41-42-43-44-45-47-48-50-52-54-56-58-60-62-64-66-73(76)80-70-72(71-82-84(78,79)81-69-68-75(3,4)5)83-74(77)67-65-63-61-59-57-55-53-51-49-46-27-25-23-21-19-17-15-13-11-9-7-2/h19,21,25,27,72H,6-18,20,22-24,26,28-71H2,1-5H3/p+1/b21-19-,27-25-. The first-order valence-electron chi connectivity index (χ1n) is 37.1. The molecule has 498 valence electrons. The minimum Gasteiger partial charge on any atom is -0.462 e. The number of carbonyl (C=O) groups excluding carboxylic acids is 2. The molecule has 0 aromatic heterocycles. The number of allylic oxidation sites excluding steroid dienone is 4. The summed E-state index contributed by atoms with van der Waals surface area (Å²) in [6.07, 6.45) is 83.2. The number of hydrogen-bond donors (Lipinski definition) is 1. The predicted molar refractivity (Wildman–Crippen MR) is 363 cm³/mol. The summed E-state index contributed by atoms with van der Waals surface area (Å²) in [6.45, 7) is 4.49. The molecule has 0 spiro atoms. The molecular weight excluding hydrogens is 1060 g/mol. The largest absolute Gasteiger partial charge is 0.472 e. The lowest BCUT2D eigenvalue weighted by Gasteiger charge is -2.24. The molecule has 0 saturated heterocycles. The topological polar surface area (TPSA) is 108 Å². The third-order valence-electron chi connectivity index (χ3n) is 17.0. The third kappa shape index (κ3) is 69.6. The van der Waals surface area contributed by atoms with Gasteiger partial charge in [0.05, 0.1) is 27.7 Å². The first-order valence-corrected chi connectivity index (χ1v) is 38.6. The molecule has 0 heterocycles. The highest BCUT2D eigenvalue weighted by Gasteiger charge is 2.27. The Hall–Kier alpha value is -1.51. The van der Waals surface area contributed by atoms with Crippen molar-refractivity contribution in [2.45, 2.75) is 392 Å². The molecule has 0 aliphatic heterocycles. The zero-order chi connectivity index (χ0) is 61.2. The molecule has 0 rings (SSSR count). The maximum Gasteiger partial charge on any atom is 0.472 e. The van der Waals surface area contributed by atoms with Crippen LogP contribution in [0.3, 0.4) is 0 Å². The number of ether oxygens (including phenoxy) is 2. The van der Waals surface area contributed by atoms with Gasteiger partial charge in [-0.25, -0.2) is 4.57 Å². The zero-order valence-corrected chi connectivity index (χ0v) is 57.8. The van der Waals surface area contributed by atoms with Crippen LogP contribution in [0.4, 0.5) is 0 Å². The fourth-order valence-electron chi connectivity index (χ4n) is 11.3. The molecule has 9 nitrogen and oxygen atoms in total. The van der Waals surface area contributed by atoms with Gasteiger partial charge in [-0.05, 0) is 44.9 Å². The van der Waals surface area contributed by atoms with Crippen molar-refractivity contribution in [3.05, 3.63) is 24.3 Å². The number of quaternary nitrogens is 1. The molecule has 0 aromatic carbocycles. The predicted octanol–water partition coefficient (Wildman–Crippen LogP) is 24.1. The van der Waals surface area contributed by atoms with Crippen molar-refractivity contribution in [2.24, 2.45) is 0 Å². The SMILES string of the molecule is CCCCCCC/C=C\C/C=C\CCCCCCCCCCCC(=O)OC(COC(=O)CCCCCCCCCCCCCCCCCCCCCCCCCCCCCCCCCCCCCCCCC)COP(=O)(O)OCC[N+](C)(C)C. The number of likely N-dealkylation sites (N-methyl/N-ethyl adjacent to an activating group) is 1. The van der Waals surface area contributed by atoms with Crippen molar-refractivity contribution in [1.82, 2.24) is 0 Å². The molecule has 0 bridgehead atoms. The zero-order valence-electron chi connectivity index (χ0n) is 56.9. The van der Waals surface area contributed by atoms with E-state index in [0.717, 1.165) is 44.9 Å². The molecule has 0 aromatic rings. The summed E-state index contributed by atoms with van der Waals surface area (Å²) in [5.74, 6) is -0.781. The second-order valence-electron chi connectivity index (χ2n) is 26.7. The van der Waals surface area contributed by atoms with Crippen LogP contribution in [0.1, 0.15) is 386 Å². The van der Waals surface area contributed by atoms with E-state index in [2.05, 4.69) is 38.2 Å². The molecule has 1 N–H and O–H groups in total. The van der Waals surface area contributed by atoms with Gasteiger partial charge in [0, 0.05) is 12.8 Å². The number of nitrogens with zero attached hydrogens (tertiary/aromatic N) is 1. The molecule has 10 heteroatoms. The summed E-state index contributed by atoms with van der Waals surface area (Å²) in [7, 11) is 1.49. The van der Waals surface area contributed by atoms with E-state index in [9.17, 15) is 19.0 Å². The Morgan fingerprint density at radius 2 is 0.643 bits per heavy atom. The first kappa shape index (κ1) is 82.5. The Morgan fingerprint density at radius 1 is 0.369 bits per heavy atom. The van der Waals surface area contributed by atoms with E-state index in [1.807, 2.05) is 21.1 Å². The van der Waals surface area contributed by atoms with Crippen LogP contribution in [0.25, 0.3) is 0 Å². The number of phosphoric acid groups is 1. The summed E-state index contributed by atoms with van der Waals surface area (Å²) >= 11 is 0. The molecule has 0 radical (unpaired) electrons. The maximum atomic E-state index is 12.9. The van der Waals surface area contributed by atoms with E-state index in [1.165, 1.54) is 308 Å². The number of unbranched alkanes of at least 4 members (excludes halogenated alkanes) is 52. The normalized spacial score (nSPS) is 13.2. The first-order chi connectivity index (χ1) is 41.0. The maximum absolute atomic E-state index is 12.9. The average molecular weight is 1210 g/mol. The number of esters is 2. The van der Waals surface area contributed by atoms with Gasteiger partial charge >= 0.3 is 19.8 Å². The third-order valence-corrected chi connectivity index (χ3v) is 18.0. The van der Waals surface area contributed by atoms with E-state index in [4.69, 9.17) is 18.5 Å². The van der Waals surface area contributed by atoms with E-state index >= 15 is 0 Å². The van der Waals surface area contributed by atoms with E-state index in [0.29, 0.717) is 23.9 Å². The number of carbonyl (C=O) groups is 2. The van der Waals surface area contributed by atoms with Gasteiger partial charge in [0.1, 0.15) is 19.8 Å². The van der Waals surface area contributed by atoms with Gasteiger partial charge in [-0.15, -0.1) is 0 Å². The van der Waals surface area contributed by atoms with Crippen LogP contribution < -0.4 is 0 Å². The van der Waals surface area contributed by atoms with Crippen molar-refractivity contribution >= 4 is 19.8 Å². The van der Waals surface area contributed by atoms with Crippen molar-refractivity contribution in [2.75, 3.05) is 47.5 Å². The molecule has 2 unspecified atom stereocenters. The van der Waals surface area contributed by atoms with Gasteiger partial charge in [-0.3, -0.25) is 18.6 Å². The van der Waals surface area contributed by atoms with Gasteiger partial charge in [0.15, 0.2) is 6.10 Å². The Labute approximate surface area is 523 Å². The Kier molecular flexibility index (Phi) is 64.7. The van der Waals surface area contributed by atoms with E-state index in [-0.39, 0.29) is 25.6 Å². The summed E-state index contributed by atoms with van der Waals surface area (Å²) in [4.78, 5) is 35.8. The fourth-order valence-corrected chi connectivity index (χ4v) is 12.0. The van der Waals surface area contributed by atoms with Crippen molar-refractivity contribution in [3.63, 3.8) is 0 Å². The highest BCUT2D eigenvalue weighted by molar-refractivity contribution is 7.47. The molecule has 2 atom stereocenters. The van der Waals surface area contributed by atoms with Crippen LogP contribution in [0.15, 0.2) is 24.3 Å². The fraction of sp³-hybridized carbons (Fsp3) is 0.919. The van der Waals surface area contributed by atoms with Crippen LogP contribution in [0.5, 0.6) is 0 Å². The molecule has 0 aliphatic carbocycles. The monoisotopic (exact) mass is 1210 g/mol. The quantitative estimate of drug-likeness (QED) is 0.0211. The van der Waals surface area contributed by atoms with E-state index in [1.54, 1.807) is 0 Å².